The Morgan fingerprint density at radius 1 is 0.938 bits per heavy atom. The van der Waals surface area contributed by atoms with Crippen molar-refractivity contribution >= 4 is 17.5 Å². The van der Waals surface area contributed by atoms with Gasteiger partial charge in [0.05, 0.1) is 6.04 Å². The van der Waals surface area contributed by atoms with E-state index in [1.807, 2.05) is 35.2 Å². The van der Waals surface area contributed by atoms with Gasteiger partial charge in [0, 0.05) is 37.3 Å². The summed E-state index contributed by atoms with van der Waals surface area (Å²) in [6, 6.07) is 15.7. The van der Waals surface area contributed by atoms with Crippen molar-refractivity contribution in [2.24, 2.45) is 5.92 Å². The van der Waals surface area contributed by atoms with E-state index in [9.17, 15) is 9.59 Å². The average molecular weight is 436 g/mol. The van der Waals surface area contributed by atoms with Crippen LogP contribution in [0.3, 0.4) is 0 Å². The molecule has 2 aromatic carbocycles. The monoisotopic (exact) mass is 435 g/mol. The first-order chi connectivity index (χ1) is 15.7. The Hall–Kier alpha value is -3.06. The van der Waals surface area contributed by atoms with E-state index in [1.54, 1.807) is 6.07 Å². The zero-order valence-electron chi connectivity index (χ0n) is 18.2. The summed E-state index contributed by atoms with van der Waals surface area (Å²) in [4.78, 5) is 30.3. The maximum absolute atomic E-state index is 13.2. The van der Waals surface area contributed by atoms with E-state index < -0.39 is 0 Å². The number of nitrogens with zero attached hydrogens (tertiary/aromatic N) is 2. The topological polar surface area (TPSA) is 71.1 Å². The number of hydrogen-bond donors (Lipinski definition) is 1. The lowest BCUT2D eigenvalue weighted by molar-refractivity contribution is -0.139. The highest BCUT2D eigenvalue weighted by molar-refractivity contribution is 5.93. The van der Waals surface area contributed by atoms with E-state index in [0.717, 1.165) is 25.9 Å². The van der Waals surface area contributed by atoms with Gasteiger partial charge in [0.15, 0.2) is 11.5 Å². The third-order valence-electron chi connectivity index (χ3n) is 6.69. The molecule has 7 heteroatoms. The summed E-state index contributed by atoms with van der Waals surface area (Å²) in [6.07, 6.45) is 3.34. The quantitative estimate of drug-likeness (QED) is 0.781. The first-order valence-corrected chi connectivity index (χ1v) is 11.4. The second kappa shape index (κ2) is 9.20. The summed E-state index contributed by atoms with van der Waals surface area (Å²) >= 11 is 0. The van der Waals surface area contributed by atoms with Crippen LogP contribution < -0.4 is 14.8 Å². The lowest BCUT2D eigenvalue weighted by Gasteiger charge is -2.35. The van der Waals surface area contributed by atoms with Gasteiger partial charge in [0.2, 0.25) is 18.6 Å². The number of fused-ring (bicyclic) bond motifs is 1. The van der Waals surface area contributed by atoms with Crippen LogP contribution in [-0.2, 0) is 16.1 Å². The molecule has 32 heavy (non-hydrogen) atoms. The Morgan fingerprint density at radius 3 is 2.53 bits per heavy atom. The number of likely N-dealkylation sites (tertiary alicyclic amines) is 2. The number of carbonyl (C=O) groups excluding carboxylic acids is 2. The highest BCUT2D eigenvalue weighted by atomic mass is 16.7. The summed E-state index contributed by atoms with van der Waals surface area (Å²) in [6.45, 7) is 3.25. The Balaban J connectivity index is 1.14. The van der Waals surface area contributed by atoms with Crippen molar-refractivity contribution in [3.05, 3.63) is 54.1 Å². The van der Waals surface area contributed by atoms with Gasteiger partial charge in [-0.25, -0.2) is 0 Å². The van der Waals surface area contributed by atoms with Gasteiger partial charge in [0.1, 0.15) is 0 Å². The van der Waals surface area contributed by atoms with E-state index in [1.165, 1.54) is 5.56 Å². The SMILES string of the molecule is O=C(Nc1ccc2c(c1)OCO2)C1CCN(C(=O)[C@H]2CCCN2Cc2ccccc2)CC1. The fraction of sp³-hybridized carbons (Fsp3) is 0.440. The maximum Gasteiger partial charge on any atom is 0.239 e. The zero-order chi connectivity index (χ0) is 21.9. The smallest absolute Gasteiger partial charge is 0.239 e. The maximum atomic E-state index is 13.2. The van der Waals surface area contributed by atoms with Crippen LogP contribution in [0.4, 0.5) is 5.69 Å². The summed E-state index contributed by atoms with van der Waals surface area (Å²) in [5.74, 6) is 1.48. The molecule has 3 aliphatic rings. The Morgan fingerprint density at radius 2 is 1.72 bits per heavy atom. The van der Waals surface area contributed by atoms with Gasteiger partial charge in [-0.2, -0.15) is 0 Å². The van der Waals surface area contributed by atoms with Crippen molar-refractivity contribution in [2.75, 3.05) is 31.7 Å². The molecule has 1 atom stereocenters. The molecule has 5 rings (SSSR count). The van der Waals surface area contributed by atoms with Crippen molar-refractivity contribution in [1.82, 2.24) is 9.80 Å². The molecule has 0 radical (unpaired) electrons. The summed E-state index contributed by atoms with van der Waals surface area (Å²) in [5.41, 5.74) is 1.95. The summed E-state index contributed by atoms with van der Waals surface area (Å²) in [5, 5.41) is 2.99. The number of carbonyl (C=O) groups is 2. The van der Waals surface area contributed by atoms with E-state index >= 15 is 0 Å². The molecule has 3 heterocycles. The third-order valence-corrected chi connectivity index (χ3v) is 6.69. The summed E-state index contributed by atoms with van der Waals surface area (Å²) in [7, 11) is 0. The normalized spacial score (nSPS) is 21.0. The molecule has 0 bridgehead atoms. The second-order valence-electron chi connectivity index (χ2n) is 8.77. The fourth-order valence-electron chi connectivity index (χ4n) is 4.90. The van der Waals surface area contributed by atoms with Crippen molar-refractivity contribution in [3.63, 3.8) is 0 Å². The van der Waals surface area contributed by atoms with E-state index in [4.69, 9.17) is 9.47 Å². The molecule has 2 amide bonds. The van der Waals surface area contributed by atoms with Crippen LogP contribution in [-0.4, -0.2) is 54.1 Å². The fourth-order valence-corrected chi connectivity index (χ4v) is 4.90. The Labute approximate surface area is 188 Å². The molecule has 2 fully saturated rings. The molecule has 2 saturated heterocycles. The van der Waals surface area contributed by atoms with Gasteiger partial charge in [-0.15, -0.1) is 0 Å². The van der Waals surface area contributed by atoms with E-state index in [0.29, 0.717) is 43.1 Å². The van der Waals surface area contributed by atoms with E-state index in [-0.39, 0.29) is 30.6 Å². The van der Waals surface area contributed by atoms with Gasteiger partial charge >= 0.3 is 0 Å². The van der Waals surface area contributed by atoms with Gasteiger partial charge in [0.25, 0.3) is 0 Å². The summed E-state index contributed by atoms with van der Waals surface area (Å²) < 4.78 is 10.7. The minimum Gasteiger partial charge on any atom is -0.454 e. The first-order valence-electron chi connectivity index (χ1n) is 11.4. The van der Waals surface area contributed by atoms with Crippen LogP contribution in [0.2, 0.25) is 0 Å². The number of ether oxygens (including phenoxy) is 2. The molecular formula is C25H29N3O4. The minimum absolute atomic E-state index is 0.00235. The number of amides is 2. The van der Waals surface area contributed by atoms with Crippen molar-refractivity contribution in [1.29, 1.82) is 0 Å². The Kier molecular flexibility index (Phi) is 5.99. The molecule has 0 aliphatic carbocycles. The number of nitrogens with one attached hydrogen (secondary N) is 1. The van der Waals surface area contributed by atoms with Crippen LogP contribution >= 0.6 is 0 Å². The molecule has 168 valence electrons. The van der Waals surface area contributed by atoms with E-state index in [2.05, 4.69) is 22.3 Å². The molecule has 0 unspecified atom stereocenters. The van der Waals surface area contributed by atoms with Crippen molar-refractivity contribution in [3.8, 4) is 11.5 Å². The zero-order valence-corrected chi connectivity index (χ0v) is 18.2. The molecular weight excluding hydrogens is 406 g/mol. The molecule has 0 spiro atoms. The van der Waals surface area contributed by atoms with Crippen LogP contribution in [0.25, 0.3) is 0 Å². The van der Waals surface area contributed by atoms with Gasteiger partial charge < -0.3 is 19.7 Å². The van der Waals surface area contributed by atoms with Crippen LogP contribution in [0.1, 0.15) is 31.2 Å². The van der Waals surface area contributed by atoms with Gasteiger partial charge in [-0.05, 0) is 49.9 Å². The minimum atomic E-state index is -0.0894. The standard InChI is InChI=1S/C25H29N3O4/c29-24(26-20-8-9-22-23(15-20)32-17-31-22)19-10-13-27(14-11-19)25(30)21-7-4-12-28(21)16-18-5-2-1-3-6-18/h1-3,5-6,8-9,15,19,21H,4,7,10-14,16-17H2,(H,26,29)/t21-/m1/s1. The molecule has 2 aromatic rings. The lowest BCUT2D eigenvalue weighted by Crippen LogP contribution is -2.49. The lowest BCUT2D eigenvalue weighted by atomic mass is 9.95. The largest absolute Gasteiger partial charge is 0.454 e. The van der Waals surface area contributed by atoms with Crippen LogP contribution in [0, 0.1) is 5.92 Å². The number of rotatable bonds is 5. The Bertz CT molecular complexity index is 972. The van der Waals surface area contributed by atoms with Crippen LogP contribution in [0.5, 0.6) is 11.5 Å². The molecule has 0 aromatic heterocycles. The van der Waals surface area contributed by atoms with Crippen molar-refractivity contribution in [2.45, 2.75) is 38.3 Å². The first kappa shape index (κ1) is 20.8. The molecule has 3 aliphatic heterocycles. The number of piperidine rings is 1. The van der Waals surface area contributed by atoms with Crippen LogP contribution in [0.15, 0.2) is 48.5 Å². The molecule has 7 nitrogen and oxygen atoms in total. The number of hydrogen-bond acceptors (Lipinski definition) is 5. The third kappa shape index (κ3) is 4.43. The van der Waals surface area contributed by atoms with Gasteiger partial charge in [-0.1, -0.05) is 30.3 Å². The highest BCUT2D eigenvalue weighted by Crippen LogP contribution is 2.34. The van der Waals surface area contributed by atoms with Gasteiger partial charge in [-0.3, -0.25) is 14.5 Å². The number of benzene rings is 2. The highest BCUT2D eigenvalue weighted by Gasteiger charge is 2.36. The molecule has 1 N–H and O–H groups in total. The predicted octanol–water partition coefficient (Wildman–Crippen LogP) is 3.26. The number of anilines is 1. The molecule has 0 saturated carbocycles. The predicted molar refractivity (Wildman–Crippen MR) is 120 cm³/mol. The van der Waals surface area contributed by atoms with Crippen molar-refractivity contribution < 1.29 is 19.1 Å². The average Bonchev–Trinajstić information content (AvgIpc) is 3.48. The second-order valence-corrected chi connectivity index (χ2v) is 8.77.